The largest absolute Gasteiger partial charge is 0.459 e. The number of aliphatic hydroxyl groups excluding tert-OH is 1. The van der Waals surface area contributed by atoms with Gasteiger partial charge in [0.15, 0.2) is 5.78 Å². The Kier molecular flexibility index (Phi) is 2.80. The lowest BCUT2D eigenvalue weighted by atomic mass is 10.0. The van der Waals surface area contributed by atoms with E-state index in [9.17, 15) is 4.79 Å². The van der Waals surface area contributed by atoms with Gasteiger partial charge in [-0.15, -0.1) is 0 Å². The van der Waals surface area contributed by atoms with Crippen LogP contribution in [0.2, 0.25) is 0 Å². The van der Waals surface area contributed by atoms with E-state index in [1.165, 1.54) is 0 Å². The average molecular weight is 255 g/mol. The third kappa shape index (κ3) is 1.90. The molecule has 1 unspecified atom stereocenters. The summed E-state index contributed by atoms with van der Waals surface area (Å²) in [7, 11) is 0. The maximum Gasteiger partial charge on any atom is 0.190 e. The molecule has 4 nitrogen and oxygen atoms in total. The zero-order valence-corrected chi connectivity index (χ0v) is 10.5. The number of furan rings is 1. The number of rotatable bonds is 2. The Morgan fingerprint density at radius 1 is 1.42 bits per heavy atom. The molecule has 96 valence electrons. The van der Waals surface area contributed by atoms with E-state index in [1.807, 2.05) is 6.92 Å². The van der Waals surface area contributed by atoms with E-state index in [0.717, 1.165) is 5.56 Å². The molecule has 0 amide bonds. The lowest BCUT2D eigenvalue weighted by Gasteiger charge is -2.03. The Bertz CT molecular complexity index is 670. The summed E-state index contributed by atoms with van der Waals surface area (Å²) < 4.78 is 5.40. The third-order valence-electron chi connectivity index (χ3n) is 3.43. The molecule has 2 aromatic heterocycles. The van der Waals surface area contributed by atoms with Crippen molar-refractivity contribution in [3.8, 4) is 0 Å². The molecule has 0 aromatic carbocycles. The van der Waals surface area contributed by atoms with Gasteiger partial charge in [-0.2, -0.15) is 0 Å². The number of aromatic nitrogens is 1. The van der Waals surface area contributed by atoms with Crippen molar-refractivity contribution in [2.75, 3.05) is 0 Å². The maximum absolute atomic E-state index is 12.3. The summed E-state index contributed by atoms with van der Waals surface area (Å²) in [6, 6.07) is 5.20. The molecule has 1 aliphatic carbocycles. The first-order chi connectivity index (χ1) is 9.20. The van der Waals surface area contributed by atoms with Crippen molar-refractivity contribution in [3.63, 3.8) is 0 Å². The fourth-order valence-corrected chi connectivity index (χ4v) is 2.38. The van der Waals surface area contributed by atoms with Crippen LogP contribution in [-0.2, 0) is 6.61 Å². The topological polar surface area (TPSA) is 63.3 Å². The van der Waals surface area contributed by atoms with Gasteiger partial charge in [-0.1, -0.05) is 6.92 Å². The predicted octanol–water partition coefficient (Wildman–Crippen LogP) is 2.55. The normalized spacial score (nSPS) is 20.0. The van der Waals surface area contributed by atoms with E-state index in [2.05, 4.69) is 4.98 Å². The van der Waals surface area contributed by atoms with Crippen molar-refractivity contribution in [2.24, 2.45) is 0 Å². The number of hydrogen-bond donors (Lipinski definition) is 1. The monoisotopic (exact) mass is 255 g/mol. The lowest BCUT2D eigenvalue weighted by molar-refractivity contribution is 0.103. The van der Waals surface area contributed by atoms with Gasteiger partial charge in [0.05, 0.1) is 0 Å². The maximum atomic E-state index is 12.3. The molecule has 0 aliphatic heterocycles. The number of allylic oxidation sites excluding steroid dienone is 1. The van der Waals surface area contributed by atoms with Crippen LogP contribution < -0.4 is 0 Å². The summed E-state index contributed by atoms with van der Waals surface area (Å²) in [5.41, 5.74) is 2.36. The number of hydrogen-bond acceptors (Lipinski definition) is 4. The minimum Gasteiger partial charge on any atom is -0.459 e. The number of pyridine rings is 1. The van der Waals surface area contributed by atoms with Gasteiger partial charge in [-0.05, 0) is 29.8 Å². The molecule has 0 saturated heterocycles. The molecule has 0 radical (unpaired) electrons. The molecular formula is C15H13NO3. The summed E-state index contributed by atoms with van der Waals surface area (Å²) in [5.74, 6) is 1.11. The van der Waals surface area contributed by atoms with Gasteiger partial charge in [-0.25, -0.2) is 0 Å². The van der Waals surface area contributed by atoms with Crippen molar-refractivity contribution in [1.82, 2.24) is 4.98 Å². The molecule has 1 atom stereocenters. The van der Waals surface area contributed by atoms with Crippen LogP contribution in [0.5, 0.6) is 0 Å². The molecule has 3 rings (SSSR count). The Labute approximate surface area is 110 Å². The highest BCUT2D eigenvalue weighted by Crippen LogP contribution is 2.37. The molecule has 2 aromatic rings. The number of nitrogens with zero attached hydrogens (tertiary/aromatic N) is 1. The fraction of sp³-hybridized carbons (Fsp3) is 0.200. The van der Waals surface area contributed by atoms with E-state index in [-0.39, 0.29) is 18.3 Å². The summed E-state index contributed by atoms with van der Waals surface area (Å²) in [4.78, 5) is 16.4. The molecule has 19 heavy (non-hydrogen) atoms. The van der Waals surface area contributed by atoms with Crippen LogP contribution >= 0.6 is 0 Å². The molecule has 1 N–H and O–H groups in total. The van der Waals surface area contributed by atoms with E-state index >= 15 is 0 Å². The standard InChI is InChI=1S/C15H13NO3/c1-9-13(6-10-2-3-11(8-17)19-10)15(18)12-4-5-16-7-14(9)12/h2-7,9,17H,8H2,1H3/b13-6+. The highest BCUT2D eigenvalue weighted by Gasteiger charge is 2.31. The first-order valence-electron chi connectivity index (χ1n) is 6.10. The zero-order chi connectivity index (χ0) is 13.4. The number of Topliss-reactive ketones (excluding diaryl/α,β-unsaturated/α-hetero) is 1. The SMILES string of the molecule is CC1/C(=C\c2ccc(CO)o2)C(=O)c2ccncc21. The summed E-state index contributed by atoms with van der Waals surface area (Å²) >= 11 is 0. The van der Waals surface area contributed by atoms with Crippen molar-refractivity contribution in [2.45, 2.75) is 19.4 Å². The molecule has 0 fully saturated rings. The summed E-state index contributed by atoms with van der Waals surface area (Å²) in [6.07, 6.45) is 5.11. The molecule has 1 aliphatic rings. The molecule has 0 bridgehead atoms. The van der Waals surface area contributed by atoms with Crippen molar-refractivity contribution in [3.05, 3.63) is 58.8 Å². The second-order valence-electron chi connectivity index (χ2n) is 4.58. The van der Waals surface area contributed by atoms with E-state index < -0.39 is 0 Å². The Morgan fingerprint density at radius 3 is 2.95 bits per heavy atom. The Morgan fingerprint density at radius 2 is 2.26 bits per heavy atom. The van der Waals surface area contributed by atoms with Gasteiger partial charge in [0.2, 0.25) is 0 Å². The van der Waals surface area contributed by atoms with Crippen LogP contribution in [0.25, 0.3) is 6.08 Å². The highest BCUT2D eigenvalue weighted by atomic mass is 16.4. The smallest absolute Gasteiger partial charge is 0.190 e. The van der Waals surface area contributed by atoms with Crippen molar-refractivity contribution < 1.29 is 14.3 Å². The van der Waals surface area contributed by atoms with Crippen LogP contribution in [0.4, 0.5) is 0 Å². The van der Waals surface area contributed by atoms with Gasteiger partial charge in [0, 0.05) is 29.4 Å². The van der Waals surface area contributed by atoms with Gasteiger partial charge in [0.25, 0.3) is 0 Å². The number of aliphatic hydroxyl groups is 1. The first kappa shape index (κ1) is 11.9. The molecule has 0 spiro atoms. The van der Waals surface area contributed by atoms with Crippen LogP contribution in [0.3, 0.4) is 0 Å². The lowest BCUT2D eigenvalue weighted by Crippen LogP contribution is -1.96. The van der Waals surface area contributed by atoms with Gasteiger partial charge in [0.1, 0.15) is 18.1 Å². The van der Waals surface area contributed by atoms with Crippen molar-refractivity contribution in [1.29, 1.82) is 0 Å². The molecule has 0 saturated carbocycles. The quantitative estimate of drug-likeness (QED) is 0.838. The zero-order valence-electron chi connectivity index (χ0n) is 10.5. The Hall–Kier alpha value is -2.20. The number of fused-ring (bicyclic) bond motifs is 1. The van der Waals surface area contributed by atoms with Crippen LogP contribution in [0.1, 0.15) is 40.3 Å². The molecule has 4 heteroatoms. The number of carbonyl (C=O) groups excluding carboxylic acids is 1. The summed E-state index contributed by atoms with van der Waals surface area (Å²) in [6.45, 7) is 1.84. The molecule has 2 heterocycles. The van der Waals surface area contributed by atoms with E-state index in [1.54, 1.807) is 36.7 Å². The van der Waals surface area contributed by atoms with Crippen molar-refractivity contribution >= 4 is 11.9 Å². The van der Waals surface area contributed by atoms with E-state index in [4.69, 9.17) is 9.52 Å². The fourth-order valence-electron chi connectivity index (χ4n) is 2.38. The third-order valence-corrected chi connectivity index (χ3v) is 3.43. The van der Waals surface area contributed by atoms with Crippen LogP contribution in [0.15, 0.2) is 40.6 Å². The highest BCUT2D eigenvalue weighted by molar-refractivity contribution is 6.16. The molecular weight excluding hydrogens is 242 g/mol. The minimum absolute atomic E-state index is 0.0128. The minimum atomic E-state index is -0.142. The van der Waals surface area contributed by atoms with Gasteiger partial charge < -0.3 is 9.52 Å². The van der Waals surface area contributed by atoms with Crippen LogP contribution in [0, 0.1) is 0 Å². The van der Waals surface area contributed by atoms with Crippen LogP contribution in [-0.4, -0.2) is 15.9 Å². The average Bonchev–Trinajstić information content (AvgIpc) is 2.99. The predicted molar refractivity (Wildman–Crippen MR) is 69.6 cm³/mol. The number of ketones is 1. The first-order valence-corrected chi connectivity index (χ1v) is 6.10. The number of carbonyl (C=O) groups is 1. The second kappa shape index (κ2) is 4.48. The summed E-state index contributed by atoms with van der Waals surface area (Å²) in [5, 5.41) is 8.97. The van der Waals surface area contributed by atoms with Gasteiger partial charge in [-0.3, -0.25) is 9.78 Å². The van der Waals surface area contributed by atoms with E-state index in [0.29, 0.717) is 22.7 Å². The van der Waals surface area contributed by atoms with Gasteiger partial charge >= 0.3 is 0 Å². The second-order valence-corrected chi connectivity index (χ2v) is 4.58. The Balaban J connectivity index is 2.01.